The quantitative estimate of drug-likeness (QED) is 0.0380. The van der Waals surface area contributed by atoms with E-state index < -0.39 is 6.10 Å². The second kappa shape index (κ2) is 49.2. The van der Waals surface area contributed by atoms with Gasteiger partial charge >= 0.3 is 5.97 Å². The van der Waals surface area contributed by atoms with Crippen LogP contribution in [0.3, 0.4) is 0 Å². The van der Waals surface area contributed by atoms with Crippen molar-refractivity contribution in [1.29, 1.82) is 0 Å². The highest BCUT2D eigenvalue weighted by molar-refractivity contribution is 5.69. The molecule has 0 saturated heterocycles. The van der Waals surface area contributed by atoms with Gasteiger partial charge in [0.25, 0.3) is 0 Å². The second-order valence-electron chi connectivity index (χ2n) is 16.2. The van der Waals surface area contributed by atoms with Crippen LogP contribution in [0.1, 0.15) is 239 Å². The number of allylic oxidation sites excluding steroid dienone is 10. The fourth-order valence-electron chi connectivity index (χ4n) is 6.90. The largest absolute Gasteiger partial charge is 0.457 e. The summed E-state index contributed by atoms with van der Waals surface area (Å²) in [5, 5.41) is 9.64. The Morgan fingerprint density at radius 1 is 0.429 bits per heavy atom. The Bertz CT molecular complexity index is 916. The molecule has 0 rings (SSSR count). The van der Waals surface area contributed by atoms with Gasteiger partial charge in [0.15, 0.2) is 0 Å². The highest BCUT2D eigenvalue weighted by Gasteiger charge is 2.13. The number of hydrogen-bond acceptors (Lipinski definition) is 4. The van der Waals surface area contributed by atoms with E-state index in [9.17, 15) is 9.90 Å². The van der Waals surface area contributed by atoms with Gasteiger partial charge in [-0.1, -0.05) is 209 Å². The number of rotatable bonds is 45. The van der Waals surface area contributed by atoms with Gasteiger partial charge in [-0.15, -0.1) is 0 Å². The van der Waals surface area contributed by atoms with Crippen molar-refractivity contribution in [1.82, 2.24) is 0 Å². The summed E-state index contributed by atoms with van der Waals surface area (Å²) < 4.78 is 11.2. The third-order valence-electron chi connectivity index (χ3n) is 10.6. The van der Waals surface area contributed by atoms with Crippen LogP contribution >= 0.6 is 0 Å². The third kappa shape index (κ3) is 46.5. The molecule has 0 aliphatic heterocycles. The minimum absolute atomic E-state index is 0.177. The Kier molecular flexibility index (Phi) is 47.6. The van der Waals surface area contributed by atoms with E-state index in [0.29, 0.717) is 13.0 Å². The lowest BCUT2D eigenvalue weighted by Gasteiger charge is -2.16. The van der Waals surface area contributed by atoms with E-state index in [-0.39, 0.29) is 19.2 Å². The maximum Gasteiger partial charge on any atom is 0.306 e. The Morgan fingerprint density at radius 2 is 0.750 bits per heavy atom. The summed E-state index contributed by atoms with van der Waals surface area (Å²) in [5.41, 5.74) is 0. The van der Waals surface area contributed by atoms with E-state index in [2.05, 4.69) is 74.6 Å². The molecule has 0 saturated carbocycles. The van der Waals surface area contributed by atoms with E-state index in [1.807, 2.05) is 0 Å². The first kappa shape index (κ1) is 54.1. The highest BCUT2D eigenvalue weighted by Crippen LogP contribution is 2.14. The van der Waals surface area contributed by atoms with Crippen LogP contribution in [0, 0.1) is 0 Å². The van der Waals surface area contributed by atoms with Gasteiger partial charge in [-0.2, -0.15) is 0 Å². The van der Waals surface area contributed by atoms with E-state index >= 15 is 0 Å². The summed E-state index contributed by atoms with van der Waals surface area (Å²) >= 11 is 0. The molecule has 0 radical (unpaired) electrons. The summed E-state index contributed by atoms with van der Waals surface area (Å²) in [6, 6.07) is 0. The van der Waals surface area contributed by atoms with Crippen LogP contribution in [0.4, 0.5) is 0 Å². The molecule has 4 nitrogen and oxygen atoms in total. The van der Waals surface area contributed by atoms with Crippen LogP contribution in [0.15, 0.2) is 60.8 Å². The SMILES string of the molecule is CCCCCC/C=C\C/C=C\CCCCCCCCCCOCC(CO)OC(=O)CCCCCCCCCCCC/C=C\C/C=C\C/C=C\CCCCCCC. The summed E-state index contributed by atoms with van der Waals surface area (Å²) in [6.45, 7) is 5.32. The molecule has 326 valence electrons. The van der Waals surface area contributed by atoms with Gasteiger partial charge in [-0.05, 0) is 83.5 Å². The minimum atomic E-state index is -0.542. The summed E-state index contributed by atoms with van der Waals surface area (Å²) in [6.07, 6.45) is 65.8. The number of aliphatic hydroxyl groups is 1. The standard InChI is InChI=1S/C52H94O4/c1-3-5-7-9-11-13-15-17-19-21-23-24-25-26-27-28-29-31-33-35-37-39-41-43-45-47-52(54)56-51(49-53)50-55-48-46-44-42-40-38-36-34-32-30-22-20-18-16-14-12-10-8-6-4-2/h14-17,20-23,25-26,51,53H,3-13,18-19,24,27-50H2,1-2H3/b16-14-,17-15-,22-20-,23-21-,26-25-. The first-order chi connectivity index (χ1) is 27.7. The second-order valence-corrected chi connectivity index (χ2v) is 16.2. The van der Waals surface area contributed by atoms with Gasteiger partial charge in [0.2, 0.25) is 0 Å². The molecule has 1 unspecified atom stereocenters. The van der Waals surface area contributed by atoms with E-state index in [1.165, 1.54) is 180 Å². The Hall–Kier alpha value is -1.91. The lowest BCUT2D eigenvalue weighted by molar-refractivity contribution is -0.154. The van der Waals surface area contributed by atoms with Crippen molar-refractivity contribution in [3.05, 3.63) is 60.8 Å². The topological polar surface area (TPSA) is 55.8 Å². The molecule has 0 fully saturated rings. The number of carbonyl (C=O) groups is 1. The molecule has 0 aromatic heterocycles. The molecule has 0 aliphatic rings. The number of unbranched alkanes of at least 4 members (excludes halogenated alkanes) is 27. The average molecular weight is 783 g/mol. The molecule has 1 atom stereocenters. The van der Waals surface area contributed by atoms with Crippen LogP contribution in [0.25, 0.3) is 0 Å². The molecule has 0 heterocycles. The molecule has 0 amide bonds. The Balaban J connectivity index is 3.45. The number of carbonyl (C=O) groups excluding carboxylic acids is 1. The van der Waals surface area contributed by atoms with Crippen molar-refractivity contribution >= 4 is 5.97 Å². The monoisotopic (exact) mass is 783 g/mol. The van der Waals surface area contributed by atoms with E-state index in [4.69, 9.17) is 9.47 Å². The fraction of sp³-hybridized carbons (Fsp3) is 0.788. The van der Waals surface area contributed by atoms with E-state index in [0.717, 1.165) is 38.5 Å². The van der Waals surface area contributed by atoms with Crippen molar-refractivity contribution in [2.75, 3.05) is 19.8 Å². The van der Waals surface area contributed by atoms with Gasteiger partial charge in [-0.25, -0.2) is 0 Å². The molecule has 4 heteroatoms. The molecule has 0 aromatic carbocycles. The van der Waals surface area contributed by atoms with Crippen molar-refractivity contribution < 1.29 is 19.4 Å². The van der Waals surface area contributed by atoms with Gasteiger partial charge in [0, 0.05) is 13.0 Å². The van der Waals surface area contributed by atoms with E-state index in [1.54, 1.807) is 0 Å². The van der Waals surface area contributed by atoms with Crippen LogP contribution in [-0.4, -0.2) is 37.0 Å². The molecule has 0 aliphatic carbocycles. The van der Waals surface area contributed by atoms with Gasteiger partial charge in [0.1, 0.15) is 6.10 Å². The van der Waals surface area contributed by atoms with Gasteiger partial charge in [-0.3, -0.25) is 4.79 Å². The Morgan fingerprint density at radius 3 is 1.14 bits per heavy atom. The number of ether oxygens (including phenoxy) is 2. The van der Waals surface area contributed by atoms with Crippen molar-refractivity contribution in [2.45, 2.75) is 245 Å². The van der Waals surface area contributed by atoms with Crippen molar-refractivity contribution in [3.8, 4) is 0 Å². The summed E-state index contributed by atoms with van der Waals surface area (Å²) in [4.78, 5) is 12.3. The fourth-order valence-corrected chi connectivity index (χ4v) is 6.90. The summed E-state index contributed by atoms with van der Waals surface area (Å²) in [7, 11) is 0. The van der Waals surface area contributed by atoms with Gasteiger partial charge in [0.05, 0.1) is 13.2 Å². The van der Waals surface area contributed by atoms with Crippen LogP contribution < -0.4 is 0 Å². The smallest absolute Gasteiger partial charge is 0.306 e. The first-order valence-electron chi connectivity index (χ1n) is 24.4. The molecular weight excluding hydrogens is 689 g/mol. The number of esters is 1. The third-order valence-corrected chi connectivity index (χ3v) is 10.6. The zero-order valence-electron chi connectivity index (χ0n) is 37.4. The molecule has 0 spiro atoms. The van der Waals surface area contributed by atoms with Crippen LogP contribution in [0.5, 0.6) is 0 Å². The first-order valence-corrected chi connectivity index (χ1v) is 24.4. The van der Waals surface area contributed by atoms with Crippen LogP contribution in [0.2, 0.25) is 0 Å². The van der Waals surface area contributed by atoms with Crippen molar-refractivity contribution in [2.24, 2.45) is 0 Å². The molecule has 56 heavy (non-hydrogen) atoms. The Labute approximate surface area is 349 Å². The van der Waals surface area contributed by atoms with Gasteiger partial charge < -0.3 is 14.6 Å². The maximum absolute atomic E-state index is 12.3. The maximum atomic E-state index is 12.3. The average Bonchev–Trinajstić information content (AvgIpc) is 3.20. The zero-order chi connectivity index (χ0) is 40.5. The van der Waals surface area contributed by atoms with Crippen molar-refractivity contribution in [3.63, 3.8) is 0 Å². The predicted molar refractivity (Wildman–Crippen MR) is 246 cm³/mol. The minimum Gasteiger partial charge on any atom is -0.457 e. The lowest BCUT2D eigenvalue weighted by atomic mass is 10.0. The highest BCUT2D eigenvalue weighted by atomic mass is 16.6. The molecule has 1 N–H and O–H groups in total. The number of aliphatic hydroxyl groups excluding tert-OH is 1. The summed E-state index contributed by atoms with van der Waals surface area (Å²) in [5.74, 6) is -0.206. The normalized spacial score (nSPS) is 12.8. The lowest BCUT2D eigenvalue weighted by Crippen LogP contribution is -2.27. The molecule has 0 bridgehead atoms. The number of hydrogen-bond donors (Lipinski definition) is 1. The zero-order valence-corrected chi connectivity index (χ0v) is 37.4. The predicted octanol–water partition coefficient (Wildman–Crippen LogP) is 16.4. The molecule has 0 aromatic rings. The van der Waals surface area contributed by atoms with Crippen LogP contribution in [-0.2, 0) is 14.3 Å². The molecular formula is C52H94O4.